The fourth-order valence-electron chi connectivity index (χ4n) is 3.20. The van der Waals surface area contributed by atoms with Gasteiger partial charge in [0, 0.05) is 11.5 Å². The quantitative estimate of drug-likeness (QED) is 0.637. The predicted octanol–water partition coefficient (Wildman–Crippen LogP) is 3.39. The van der Waals surface area contributed by atoms with E-state index in [-0.39, 0.29) is 11.0 Å². The molecule has 0 unspecified atom stereocenters. The molecule has 146 valence electrons. The summed E-state index contributed by atoms with van der Waals surface area (Å²) >= 11 is 0. The molecule has 6 nitrogen and oxygen atoms in total. The fourth-order valence-corrected chi connectivity index (χ4v) is 4.79. The van der Waals surface area contributed by atoms with Crippen molar-refractivity contribution in [2.45, 2.75) is 24.8 Å². The van der Waals surface area contributed by atoms with Crippen LogP contribution in [-0.4, -0.2) is 43.5 Å². The Hall–Kier alpha value is -2.64. The summed E-state index contributed by atoms with van der Waals surface area (Å²) < 4.78 is 38.4. The van der Waals surface area contributed by atoms with Crippen LogP contribution in [-0.2, 0) is 10.0 Å². The van der Waals surface area contributed by atoms with Gasteiger partial charge in [-0.25, -0.2) is 13.4 Å². The average Bonchev–Trinajstić information content (AvgIpc) is 2.65. The average molecular weight is 398 g/mol. The number of benzene rings is 2. The lowest BCUT2D eigenvalue weighted by Gasteiger charge is -2.37. The van der Waals surface area contributed by atoms with Gasteiger partial charge < -0.3 is 9.47 Å². The molecule has 2 heterocycles. The first-order valence-electron chi connectivity index (χ1n) is 9.23. The second-order valence-corrected chi connectivity index (χ2v) is 8.70. The third-order valence-corrected chi connectivity index (χ3v) is 6.59. The minimum atomic E-state index is -3.54. The summed E-state index contributed by atoms with van der Waals surface area (Å²) in [6, 6.07) is 16.5. The minimum Gasteiger partial charge on any atom is -0.494 e. The molecule has 0 saturated carbocycles. The summed E-state index contributed by atoms with van der Waals surface area (Å²) in [5, 5.41) is 1.04. The normalized spacial score (nSPS) is 15.4. The summed E-state index contributed by atoms with van der Waals surface area (Å²) in [7, 11) is -3.54. The van der Waals surface area contributed by atoms with Crippen molar-refractivity contribution in [2.75, 3.05) is 19.7 Å². The number of aromatic nitrogens is 1. The van der Waals surface area contributed by atoms with Gasteiger partial charge in [-0.1, -0.05) is 18.2 Å². The molecular weight excluding hydrogens is 376 g/mol. The number of rotatable bonds is 6. The molecule has 0 bridgehead atoms. The van der Waals surface area contributed by atoms with E-state index in [4.69, 9.17) is 9.47 Å². The molecule has 1 saturated heterocycles. The third-order valence-electron chi connectivity index (χ3n) is 4.76. The lowest BCUT2D eigenvalue weighted by atomic mass is 10.2. The topological polar surface area (TPSA) is 68.7 Å². The Balaban J connectivity index is 1.42. The molecular formula is C21H22N2O4S. The summed E-state index contributed by atoms with van der Waals surface area (Å²) in [5.74, 6) is 1.21. The van der Waals surface area contributed by atoms with Gasteiger partial charge in [0.15, 0.2) is 0 Å². The maximum absolute atomic E-state index is 12.8. The van der Waals surface area contributed by atoms with Crippen LogP contribution in [0.3, 0.4) is 0 Å². The van der Waals surface area contributed by atoms with Gasteiger partial charge in [0.1, 0.15) is 11.9 Å². The summed E-state index contributed by atoms with van der Waals surface area (Å²) in [6.45, 7) is 4.90. The van der Waals surface area contributed by atoms with Crippen molar-refractivity contribution >= 4 is 20.9 Å². The van der Waals surface area contributed by atoms with Gasteiger partial charge >= 0.3 is 0 Å². The van der Waals surface area contributed by atoms with Gasteiger partial charge in [0.05, 0.1) is 30.1 Å². The Morgan fingerprint density at radius 2 is 1.89 bits per heavy atom. The maximum atomic E-state index is 12.8. The van der Waals surface area contributed by atoms with Crippen LogP contribution in [0.1, 0.15) is 12.5 Å². The molecule has 0 amide bonds. The number of hydrogen-bond donors (Lipinski definition) is 0. The predicted molar refractivity (Wildman–Crippen MR) is 107 cm³/mol. The molecule has 2 aromatic carbocycles. The number of aryl methyl sites for hydroxylation is 1. The highest BCUT2D eigenvalue weighted by Gasteiger charge is 2.38. The monoisotopic (exact) mass is 398 g/mol. The number of para-hydroxylation sites is 1. The van der Waals surface area contributed by atoms with E-state index < -0.39 is 10.0 Å². The number of nitrogens with zero attached hydrogens (tertiary/aromatic N) is 2. The van der Waals surface area contributed by atoms with Gasteiger partial charge in [-0.2, -0.15) is 4.31 Å². The van der Waals surface area contributed by atoms with Crippen molar-refractivity contribution in [1.29, 1.82) is 0 Å². The third kappa shape index (κ3) is 3.55. The molecule has 1 aliphatic rings. The molecule has 0 aliphatic carbocycles. The van der Waals surface area contributed by atoms with E-state index in [0.717, 1.165) is 16.5 Å². The molecule has 7 heteroatoms. The van der Waals surface area contributed by atoms with Crippen molar-refractivity contribution < 1.29 is 17.9 Å². The standard InChI is InChI=1S/C21H22N2O4S/c1-3-26-20-10-9-18(12-15(20)2)28(24,25)23-13-17(14-23)27-21-11-8-16-6-4-5-7-19(16)22-21/h4-12,17H,3,13-14H2,1-2H3. The van der Waals surface area contributed by atoms with E-state index in [1.807, 2.05) is 50.2 Å². The van der Waals surface area contributed by atoms with E-state index in [2.05, 4.69) is 4.98 Å². The second kappa shape index (κ2) is 7.41. The van der Waals surface area contributed by atoms with E-state index >= 15 is 0 Å². The van der Waals surface area contributed by atoms with E-state index in [0.29, 0.717) is 31.3 Å². The number of pyridine rings is 1. The molecule has 0 spiro atoms. The Morgan fingerprint density at radius 3 is 2.64 bits per heavy atom. The van der Waals surface area contributed by atoms with Gasteiger partial charge in [-0.3, -0.25) is 0 Å². The number of fused-ring (bicyclic) bond motifs is 1. The lowest BCUT2D eigenvalue weighted by Crippen LogP contribution is -2.56. The van der Waals surface area contributed by atoms with Gasteiger partial charge in [-0.15, -0.1) is 0 Å². The molecule has 1 aliphatic heterocycles. The van der Waals surface area contributed by atoms with E-state index in [1.165, 1.54) is 4.31 Å². The van der Waals surface area contributed by atoms with Crippen molar-refractivity contribution in [3.63, 3.8) is 0 Å². The van der Waals surface area contributed by atoms with Crippen LogP contribution in [0.5, 0.6) is 11.6 Å². The number of ether oxygens (including phenoxy) is 2. The molecule has 0 N–H and O–H groups in total. The van der Waals surface area contributed by atoms with Crippen LogP contribution in [0.15, 0.2) is 59.5 Å². The fraction of sp³-hybridized carbons (Fsp3) is 0.286. The van der Waals surface area contributed by atoms with Crippen LogP contribution >= 0.6 is 0 Å². The zero-order chi connectivity index (χ0) is 19.7. The Kier molecular flexibility index (Phi) is 4.95. The highest BCUT2D eigenvalue weighted by atomic mass is 32.2. The Morgan fingerprint density at radius 1 is 1.11 bits per heavy atom. The second-order valence-electron chi connectivity index (χ2n) is 6.76. The van der Waals surface area contributed by atoms with Crippen molar-refractivity contribution in [3.8, 4) is 11.6 Å². The molecule has 3 aromatic rings. The highest BCUT2D eigenvalue weighted by molar-refractivity contribution is 7.89. The summed E-state index contributed by atoms with van der Waals surface area (Å²) in [5.41, 5.74) is 1.66. The van der Waals surface area contributed by atoms with Crippen LogP contribution < -0.4 is 9.47 Å². The SMILES string of the molecule is CCOc1ccc(S(=O)(=O)N2CC(Oc3ccc4ccccc4n3)C2)cc1C. The Labute approximate surface area is 164 Å². The first-order valence-corrected chi connectivity index (χ1v) is 10.7. The van der Waals surface area contributed by atoms with Crippen molar-refractivity contribution in [2.24, 2.45) is 0 Å². The van der Waals surface area contributed by atoms with Crippen molar-refractivity contribution in [1.82, 2.24) is 9.29 Å². The molecule has 0 atom stereocenters. The molecule has 28 heavy (non-hydrogen) atoms. The summed E-state index contributed by atoms with van der Waals surface area (Å²) in [4.78, 5) is 4.75. The zero-order valence-electron chi connectivity index (χ0n) is 15.8. The van der Waals surface area contributed by atoms with Crippen LogP contribution in [0, 0.1) is 6.92 Å². The largest absolute Gasteiger partial charge is 0.494 e. The summed E-state index contributed by atoms with van der Waals surface area (Å²) in [6.07, 6.45) is -0.202. The highest BCUT2D eigenvalue weighted by Crippen LogP contribution is 2.28. The molecule has 1 fully saturated rings. The van der Waals surface area contributed by atoms with Gasteiger partial charge in [0.25, 0.3) is 0 Å². The number of sulfonamides is 1. The van der Waals surface area contributed by atoms with Crippen LogP contribution in [0.25, 0.3) is 10.9 Å². The first kappa shape index (κ1) is 18.7. The Bertz CT molecular complexity index is 1110. The maximum Gasteiger partial charge on any atom is 0.243 e. The molecule has 0 radical (unpaired) electrons. The van der Waals surface area contributed by atoms with Crippen LogP contribution in [0.4, 0.5) is 0 Å². The molecule has 4 rings (SSSR count). The van der Waals surface area contributed by atoms with E-state index in [1.54, 1.807) is 18.2 Å². The van der Waals surface area contributed by atoms with Crippen molar-refractivity contribution in [3.05, 3.63) is 60.2 Å². The van der Waals surface area contributed by atoms with E-state index in [9.17, 15) is 8.42 Å². The molecule has 1 aromatic heterocycles. The van der Waals surface area contributed by atoms with Gasteiger partial charge in [-0.05, 0) is 49.7 Å². The first-order chi connectivity index (χ1) is 13.5. The number of hydrogen-bond acceptors (Lipinski definition) is 5. The van der Waals surface area contributed by atoms with Crippen LogP contribution in [0.2, 0.25) is 0 Å². The minimum absolute atomic E-state index is 0.202. The zero-order valence-corrected chi connectivity index (χ0v) is 16.6. The smallest absolute Gasteiger partial charge is 0.243 e. The van der Waals surface area contributed by atoms with Gasteiger partial charge in [0.2, 0.25) is 15.9 Å². The lowest BCUT2D eigenvalue weighted by molar-refractivity contribution is 0.0724.